The standard InChI is InChI=1S/C7H5BrCl3NO/c1-4-2-6(12-3-5(4)8)13-7(9,10)11/h2-3H,1H3. The molecule has 0 atom stereocenters. The summed E-state index contributed by atoms with van der Waals surface area (Å²) in [5, 5.41) is 0. The van der Waals surface area contributed by atoms with Crippen LogP contribution in [0.4, 0.5) is 0 Å². The van der Waals surface area contributed by atoms with E-state index in [1.165, 1.54) is 0 Å². The van der Waals surface area contributed by atoms with E-state index in [-0.39, 0.29) is 5.88 Å². The fourth-order valence-corrected chi connectivity index (χ4v) is 1.14. The highest BCUT2D eigenvalue weighted by Gasteiger charge is 2.22. The van der Waals surface area contributed by atoms with Crippen LogP contribution in [0.15, 0.2) is 16.7 Å². The van der Waals surface area contributed by atoms with E-state index in [1.807, 2.05) is 6.92 Å². The van der Waals surface area contributed by atoms with Crippen LogP contribution in [-0.4, -0.2) is 8.96 Å². The van der Waals surface area contributed by atoms with E-state index in [1.54, 1.807) is 12.3 Å². The number of ether oxygens (including phenoxy) is 1. The van der Waals surface area contributed by atoms with Crippen molar-refractivity contribution < 1.29 is 4.74 Å². The summed E-state index contributed by atoms with van der Waals surface area (Å²) in [7, 11) is 0. The fraction of sp³-hybridized carbons (Fsp3) is 0.286. The van der Waals surface area contributed by atoms with Gasteiger partial charge >= 0.3 is 3.98 Å². The molecule has 0 aliphatic rings. The minimum Gasteiger partial charge on any atom is -0.428 e. The summed E-state index contributed by atoms with van der Waals surface area (Å²) >= 11 is 19.5. The van der Waals surface area contributed by atoms with Gasteiger partial charge < -0.3 is 4.74 Å². The van der Waals surface area contributed by atoms with Gasteiger partial charge in [-0.3, -0.25) is 0 Å². The number of pyridine rings is 1. The highest BCUT2D eigenvalue weighted by Crippen LogP contribution is 2.30. The smallest absolute Gasteiger partial charge is 0.339 e. The summed E-state index contributed by atoms with van der Waals surface area (Å²) in [5.74, 6) is 0.278. The number of hydrogen-bond donors (Lipinski definition) is 0. The molecule has 6 heteroatoms. The Morgan fingerprint density at radius 2 is 2.08 bits per heavy atom. The van der Waals surface area contributed by atoms with Crippen LogP contribution in [0.25, 0.3) is 0 Å². The molecule has 1 aromatic heterocycles. The number of nitrogens with zero attached hydrogens (tertiary/aromatic N) is 1. The second-order valence-electron chi connectivity index (χ2n) is 2.32. The second kappa shape index (κ2) is 4.22. The Bertz CT molecular complexity index is 313. The number of rotatable bonds is 1. The zero-order valence-corrected chi connectivity index (χ0v) is 10.4. The van der Waals surface area contributed by atoms with Crippen LogP contribution in [0.3, 0.4) is 0 Å². The van der Waals surface area contributed by atoms with E-state index < -0.39 is 3.98 Å². The lowest BCUT2D eigenvalue weighted by Gasteiger charge is -2.12. The average Bonchev–Trinajstić information content (AvgIpc) is 1.94. The molecule has 1 heterocycles. The summed E-state index contributed by atoms with van der Waals surface area (Å²) in [4.78, 5) is 3.90. The molecule has 0 bridgehead atoms. The van der Waals surface area contributed by atoms with Gasteiger partial charge in [0, 0.05) is 16.7 Å². The molecular weight excluding hydrogens is 300 g/mol. The Morgan fingerprint density at radius 3 is 2.54 bits per heavy atom. The maximum atomic E-state index is 5.42. The highest BCUT2D eigenvalue weighted by atomic mass is 79.9. The van der Waals surface area contributed by atoms with Gasteiger partial charge in [-0.15, -0.1) is 0 Å². The molecule has 1 aromatic rings. The summed E-state index contributed by atoms with van der Waals surface area (Å²) in [5.41, 5.74) is 0.958. The SMILES string of the molecule is Cc1cc(OC(Cl)(Cl)Cl)ncc1Br. The quantitative estimate of drug-likeness (QED) is 0.735. The lowest BCUT2D eigenvalue weighted by atomic mass is 10.3. The van der Waals surface area contributed by atoms with Crippen LogP contribution in [0, 0.1) is 6.92 Å². The maximum Gasteiger partial charge on any atom is 0.339 e. The molecule has 0 amide bonds. The molecule has 0 N–H and O–H groups in total. The van der Waals surface area contributed by atoms with Gasteiger partial charge in [0.15, 0.2) is 0 Å². The van der Waals surface area contributed by atoms with Crippen LogP contribution >= 0.6 is 50.7 Å². The molecule has 0 radical (unpaired) electrons. The molecule has 0 aliphatic heterocycles. The van der Waals surface area contributed by atoms with Crippen molar-refractivity contribution in [1.82, 2.24) is 4.98 Å². The van der Waals surface area contributed by atoms with Crippen LogP contribution in [0.5, 0.6) is 5.88 Å². The number of aromatic nitrogens is 1. The monoisotopic (exact) mass is 303 g/mol. The van der Waals surface area contributed by atoms with Crippen LogP contribution in [-0.2, 0) is 0 Å². The number of aryl methyl sites for hydroxylation is 1. The molecule has 13 heavy (non-hydrogen) atoms. The molecule has 0 spiro atoms. The Kier molecular flexibility index (Phi) is 3.69. The average molecular weight is 305 g/mol. The molecular formula is C7H5BrCl3NO. The molecule has 2 nitrogen and oxygen atoms in total. The minimum atomic E-state index is -1.77. The predicted molar refractivity (Wildman–Crippen MR) is 57.6 cm³/mol. The molecule has 1 rings (SSSR count). The first kappa shape index (κ1) is 11.4. The lowest BCUT2D eigenvalue weighted by molar-refractivity contribution is 0.307. The van der Waals surface area contributed by atoms with Crippen molar-refractivity contribution in [1.29, 1.82) is 0 Å². The van der Waals surface area contributed by atoms with Crippen molar-refractivity contribution in [3.8, 4) is 5.88 Å². The molecule has 0 saturated carbocycles. The lowest BCUT2D eigenvalue weighted by Crippen LogP contribution is -2.13. The maximum absolute atomic E-state index is 5.42. The van der Waals surface area contributed by atoms with Crippen molar-refractivity contribution in [2.24, 2.45) is 0 Å². The summed E-state index contributed by atoms with van der Waals surface area (Å²) in [6.07, 6.45) is 1.58. The van der Waals surface area contributed by atoms with Gasteiger partial charge in [0.2, 0.25) is 5.88 Å². The first-order valence-electron chi connectivity index (χ1n) is 3.26. The van der Waals surface area contributed by atoms with Crippen molar-refractivity contribution in [2.45, 2.75) is 10.9 Å². The highest BCUT2D eigenvalue weighted by molar-refractivity contribution is 9.10. The fourth-order valence-electron chi connectivity index (χ4n) is 0.688. The molecule has 72 valence electrons. The molecule has 0 fully saturated rings. The number of hydrogen-bond acceptors (Lipinski definition) is 2. The Labute approximate surface area is 99.3 Å². The largest absolute Gasteiger partial charge is 0.428 e. The van der Waals surface area contributed by atoms with Crippen LogP contribution in [0.2, 0.25) is 0 Å². The van der Waals surface area contributed by atoms with Gasteiger partial charge in [-0.05, 0) is 63.2 Å². The summed E-state index contributed by atoms with van der Waals surface area (Å²) < 4.78 is 4.01. The first-order valence-corrected chi connectivity index (χ1v) is 5.19. The Hall–Kier alpha value is 0.300. The van der Waals surface area contributed by atoms with Crippen LogP contribution < -0.4 is 4.74 Å². The van der Waals surface area contributed by atoms with E-state index in [0.717, 1.165) is 10.0 Å². The van der Waals surface area contributed by atoms with Gasteiger partial charge in [0.1, 0.15) is 0 Å². The van der Waals surface area contributed by atoms with Gasteiger partial charge in [-0.1, -0.05) is 0 Å². The number of alkyl halides is 3. The van der Waals surface area contributed by atoms with Gasteiger partial charge in [-0.2, -0.15) is 0 Å². The first-order chi connectivity index (χ1) is 5.88. The third-order valence-corrected chi connectivity index (χ3v) is 2.30. The van der Waals surface area contributed by atoms with Gasteiger partial charge in [-0.25, -0.2) is 4.98 Å². The van der Waals surface area contributed by atoms with Crippen molar-refractivity contribution >= 4 is 50.7 Å². The van der Waals surface area contributed by atoms with Crippen molar-refractivity contribution in [3.63, 3.8) is 0 Å². The molecule has 0 aliphatic carbocycles. The normalized spacial score (nSPS) is 11.5. The Balaban J connectivity index is 2.86. The molecule has 0 unspecified atom stereocenters. The second-order valence-corrected chi connectivity index (χ2v) is 5.35. The zero-order valence-electron chi connectivity index (χ0n) is 6.52. The Morgan fingerprint density at radius 1 is 1.46 bits per heavy atom. The molecule has 0 aromatic carbocycles. The third kappa shape index (κ3) is 3.90. The summed E-state index contributed by atoms with van der Waals surface area (Å²) in [6, 6.07) is 1.67. The number of halogens is 4. The van der Waals surface area contributed by atoms with Gasteiger partial charge in [0.05, 0.1) is 0 Å². The van der Waals surface area contributed by atoms with E-state index in [4.69, 9.17) is 39.5 Å². The third-order valence-electron chi connectivity index (χ3n) is 1.24. The van der Waals surface area contributed by atoms with E-state index >= 15 is 0 Å². The van der Waals surface area contributed by atoms with Crippen LogP contribution in [0.1, 0.15) is 5.56 Å². The van der Waals surface area contributed by atoms with E-state index in [0.29, 0.717) is 0 Å². The van der Waals surface area contributed by atoms with E-state index in [2.05, 4.69) is 20.9 Å². The molecule has 0 saturated heterocycles. The summed E-state index contributed by atoms with van der Waals surface area (Å²) in [6.45, 7) is 1.89. The zero-order chi connectivity index (χ0) is 10.1. The predicted octanol–water partition coefficient (Wildman–Crippen LogP) is 3.86. The van der Waals surface area contributed by atoms with Gasteiger partial charge in [0.25, 0.3) is 0 Å². The minimum absolute atomic E-state index is 0.278. The topological polar surface area (TPSA) is 22.1 Å². The van der Waals surface area contributed by atoms with Crippen molar-refractivity contribution in [2.75, 3.05) is 0 Å². The van der Waals surface area contributed by atoms with Crippen molar-refractivity contribution in [3.05, 3.63) is 22.3 Å². The van der Waals surface area contributed by atoms with E-state index in [9.17, 15) is 0 Å².